The van der Waals surface area contributed by atoms with Gasteiger partial charge in [-0.25, -0.2) is 24.5 Å². The second-order valence-corrected chi connectivity index (χ2v) is 12.1. The number of hydrogen-bond donors (Lipinski definition) is 4. The van der Waals surface area contributed by atoms with Gasteiger partial charge in [-0.3, -0.25) is 10.2 Å². The molecule has 1 fully saturated rings. The Morgan fingerprint density at radius 1 is 1.09 bits per heavy atom. The van der Waals surface area contributed by atoms with E-state index in [0.29, 0.717) is 43.3 Å². The average Bonchev–Trinajstić information content (AvgIpc) is 3.28. The third-order valence-corrected chi connectivity index (χ3v) is 7.60. The summed E-state index contributed by atoms with van der Waals surface area (Å²) in [5.74, 6) is 0.432. The number of thiazole rings is 1. The molecular weight excluding hydrogens is 585 g/mol. The summed E-state index contributed by atoms with van der Waals surface area (Å²) >= 11 is 1.19. The highest BCUT2D eigenvalue weighted by Gasteiger charge is 2.34. The number of carbonyl (C=O) groups excluding carboxylic acids is 2. The van der Waals surface area contributed by atoms with Crippen molar-refractivity contribution >= 4 is 40.2 Å². The lowest BCUT2D eigenvalue weighted by Gasteiger charge is -2.33. The maximum atomic E-state index is 14.0. The average molecular weight is 621 g/mol. The fourth-order valence-corrected chi connectivity index (χ4v) is 5.49. The SMILES string of the molecule is CNc1nccc(-c2sc(NC(=O)Nc3ccc(CN4CCC(NC(=O)OC(C)(C)C)CC4)c(C(F)(F)F)c3)nc2C)n1. The van der Waals surface area contributed by atoms with Crippen molar-refractivity contribution in [1.29, 1.82) is 0 Å². The van der Waals surface area contributed by atoms with Crippen molar-refractivity contribution in [3.8, 4) is 10.6 Å². The Hall–Kier alpha value is -3.98. The van der Waals surface area contributed by atoms with E-state index in [2.05, 4.69) is 36.2 Å². The first-order chi connectivity index (χ1) is 20.2. The summed E-state index contributed by atoms with van der Waals surface area (Å²) in [4.78, 5) is 40.2. The van der Waals surface area contributed by atoms with Crippen LogP contribution in [0.4, 0.5) is 39.5 Å². The monoisotopic (exact) mass is 620 g/mol. The van der Waals surface area contributed by atoms with E-state index in [1.807, 2.05) is 4.90 Å². The molecule has 4 N–H and O–H groups in total. The molecule has 3 aromatic rings. The van der Waals surface area contributed by atoms with Crippen LogP contribution < -0.4 is 21.3 Å². The summed E-state index contributed by atoms with van der Waals surface area (Å²) in [6, 6.07) is 4.64. The topological polar surface area (TPSA) is 133 Å². The molecule has 1 aromatic carbocycles. The second-order valence-electron chi connectivity index (χ2n) is 11.1. The van der Waals surface area contributed by atoms with Gasteiger partial charge in [0.05, 0.1) is 21.8 Å². The molecule has 3 amide bonds. The van der Waals surface area contributed by atoms with E-state index in [-0.39, 0.29) is 29.0 Å². The number of hydrogen-bond acceptors (Lipinski definition) is 9. The molecule has 1 aliphatic heterocycles. The van der Waals surface area contributed by atoms with Crippen molar-refractivity contribution in [3.63, 3.8) is 0 Å². The number of carbonyl (C=O) groups is 2. The lowest BCUT2D eigenvalue weighted by molar-refractivity contribution is -0.138. The summed E-state index contributed by atoms with van der Waals surface area (Å²) < 4.78 is 47.4. The van der Waals surface area contributed by atoms with Crippen molar-refractivity contribution in [3.05, 3.63) is 47.3 Å². The third kappa shape index (κ3) is 9.00. The van der Waals surface area contributed by atoms with Crippen LogP contribution in [-0.2, 0) is 17.5 Å². The van der Waals surface area contributed by atoms with Gasteiger partial charge in [0.1, 0.15) is 5.60 Å². The predicted molar refractivity (Wildman–Crippen MR) is 159 cm³/mol. The zero-order chi connectivity index (χ0) is 31.4. The summed E-state index contributed by atoms with van der Waals surface area (Å²) in [7, 11) is 1.70. The van der Waals surface area contributed by atoms with Crippen molar-refractivity contribution < 1.29 is 27.5 Å². The molecule has 11 nitrogen and oxygen atoms in total. The highest BCUT2D eigenvalue weighted by molar-refractivity contribution is 7.19. The van der Waals surface area contributed by atoms with Gasteiger partial charge in [0.25, 0.3) is 0 Å². The number of anilines is 3. The quantitative estimate of drug-likeness (QED) is 0.249. The minimum atomic E-state index is -4.62. The maximum Gasteiger partial charge on any atom is 0.416 e. The number of nitrogens with one attached hydrogen (secondary N) is 4. The minimum Gasteiger partial charge on any atom is -0.444 e. The third-order valence-electron chi connectivity index (χ3n) is 6.50. The molecule has 0 saturated carbocycles. The predicted octanol–water partition coefficient (Wildman–Crippen LogP) is 6.10. The number of amides is 3. The van der Waals surface area contributed by atoms with Crippen LogP contribution in [0.15, 0.2) is 30.5 Å². The van der Waals surface area contributed by atoms with Gasteiger partial charge in [0.2, 0.25) is 5.95 Å². The standard InChI is InChI=1S/C28H35F3N8O3S/c1-16-22(21-8-11-33-23(32-5)37-21)43-25(34-16)38-24(40)35-19-7-6-17(20(14-19)28(29,30)31)15-39-12-9-18(10-13-39)36-26(41)42-27(2,3)4/h6-8,11,14,18H,9-10,12-13,15H2,1-5H3,(H,36,41)(H,32,33,37)(H2,34,35,38,40). The number of alkyl halides is 3. The molecule has 0 radical (unpaired) electrons. The summed E-state index contributed by atoms with van der Waals surface area (Å²) in [6.07, 6.45) is -2.35. The molecular formula is C28H35F3N8O3S. The molecule has 43 heavy (non-hydrogen) atoms. The Morgan fingerprint density at radius 3 is 2.47 bits per heavy atom. The number of alkyl carbamates (subject to hydrolysis) is 1. The first kappa shape index (κ1) is 31.9. The Bertz CT molecular complexity index is 1450. The van der Waals surface area contributed by atoms with E-state index in [9.17, 15) is 22.8 Å². The minimum absolute atomic E-state index is 0.00296. The Kier molecular flexibility index (Phi) is 9.75. The molecule has 232 valence electrons. The first-order valence-electron chi connectivity index (χ1n) is 13.7. The molecule has 2 aromatic heterocycles. The van der Waals surface area contributed by atoms with E-state index in [1.54, 1.807) is 47.0 Å². The Balaban J connectivity index is 1.37. The second kappa shape index (κ2) is 13.1. The molecule has 15 heteroatoms. The van der Waals surface area contributed by atoms with Gasteiger partial charge in [-0.1, -0.05) is 17.4 Å². The summed E-state index contributed by atoms with van der Waals surface area (Å²) in [5, 5.41) is 11.0. The number of urea groups is 1. The molecule has 0 atom stereocenters. The molecule has 0 spiro atoms. The number of nitrogens with zero attached hydrogens (tertiary/aromatic N) is 4. The Labute approximate surface area is 251 Å². The smallest absolute Gasteiger partial charge is 0.416 e. The summed E-state index contributed by atoms with van der Waals surface area (Å²) in [5.41, 5.74) is -0.0826. The molecule has 0 unspecified atom stereocenters. The van der Waals surface area contributed by atoms with Gasteiger partial charge >= 0.3 is 18.3 Å². The maximum absolute atomic E-state index is 14.0. The Morgan fingerprint density at radius 2 is 1.81 bits per heavy atom. The van der Waals surface area contributed by atoms with Crippen LogP contribution >= 0.6 is 11.3 Å². The van der Waals surface area contributed by atoms with Gasteiger partial charge < -0.3 is 20.7 Å². The van der Waals surface area contributed by atoms with Gasteiger partial charge in [-0.15, -0.1) is 0 Å². The number of benzene rings is 1. The first-order valence-corrected chi connectivity index (χ1v) is 14.5. The van der Waals surface area contributed by atoms with E-state index in [4.69, 9.17) is 4.74 Å². The zero-order valence-electron chi connectivity index (χ0n) is 24.6. The van der Waals surface area contributed by atoms with Crippen LogP contribution in [0.3, 0.4) is 0 Å². The van der Waals surface area contributed by atoms with Gasteiger partial charge in [0.15, 0.2) is 5.13 Å². The van der Waals surface area contributed by atoms with Gasteiger partial charge in [-0.2, -0.15) is 13.2 Å². The van der Waals surface area contributed by atoms with E-state index in [1.165, 1.54) is 23.5 Å². The van der Waals surface area contributed by atoms with Crippen molar-refractivity contribution in [2.24, 2.45) is 0 Å². The fraction of sp³-hybridized carbons (Fsp3) is 0.464. The molecule has 0 aliphatic carbocycles. The summed E-state index contributed by atoms with van der Waals surface area (Å²) in [6.45, 7) is 8.21. The van der Waals surface area contributed by atoms with Crippen molar-refractivity contribution in [1.82, 2.24) is 25.2 Å². The van der Waals surface area contributed by atoms with E-state index in [0.717, 1.165) is 10.9 Å². The lowest BCUT2D eigenvalue weighted by Crippen LogP contribution is -2.46. The largest absolute Gasteiger partial charge is 0.444 e. The van der Waals surface area contributed by atoms with Crippen molar-refractivity contribution in [2.75, 3.05) is 36.1 Å². The number of aryl methyl sites for hydroxylation is 1. The number of likely N-dealkylation sites (tertiary alicyclic amines) is 1. The number of ether oxygens (including phenoxy) is 1. The van der Waals surface area contributed by atoms with Crippen molar-refractivity contribution in [2.45, 2.75) is 64.9 Å². The van der Waals surface area contributed by atoms with Crippen LogP contribution in [0.25, 0.3) is 10.6 Å². The van der Waals surface area contributed by atoms with Crippen LogP contribution in [0.5, 0.6) is 0 Å². The zero-order valence-corrected chi connectivity index (χ0v) is 25.4. The highest BCUT2D eigenvalue weighted by atomic mass is 32.1. The molecule has 3 heterocycles. The van der Waals surface area contributed by atoms with E-state index >= 15 is 0 Å². The highest BCUT2D eigenvalue weighted by Crippen LogP contribution is 2.35. The molecule has 1 aliphatic rings. The van der Waals surface area contributed by atoms with Crippen LogP contribution in [0, 0.1) is 6.92 Å². The lowest BCUT2D eigenvalue weighted by atomic mass is 10.0. The molecule has 4 rings (SSSR count). The molecule has 1 saturated heterocycles. The number of aromatic nitrogens is 3. The van der Waals surface area contributed by atoms with Gasteiger partial charge in [0, 0.05) is 44.6 Å². The van der Waals surface area contributed by atoms with Crippen LogP contribution in [0.1, 0.15) is 50.4 Å². The van der Waals surface area contributed by atoms with Crippen LogP contribution in [0.2, 0.25) is 0 Å². The number of halogens is 3. The number of rotatable bonds is 7. The fourth-order valence-electron chi connectivity index (χ4n) is 4.56. The number of piperidine rings is 1. The normalized spacial score (nSPS) is 14.7. The van der Waals surface area contributed by atoms with Gasteiger partial charge in [-0.05, 0) is 64.3 Å². The van der Waals surface area contributed by atoms with Crippen LogP contribution in [-0.4, -0.2) is 63.8 Å². The van der Waals surface area contributed by atoms with E-state index < -0.39 is 29.5 Å². The molecule has 0 bridgehead atoms.